The van der Waals surface area contributed by atoms with Gasteiger partial charge in [0.1, 0.15) is 6.54 Å². The first-order chi connectivity index (χ1) is 14.4. The lowest BCUT2D eigenvalue weighted by Crippen LogP contribution is -2.40. The summed E-state index contributed by atoms with van der Waals surface area (Å²) in [5, 5.41) is 2.69. The summed E-state index contributed by atoms with van der Waals surface area (Å²) in [6.07, 6.45) is 1.18. The summed E-state index contributed by atoms with van der Waals surface area (Å²) in [7, 11) is -3.60. The number of sulfonamides is 1. The van der Waals surface area contributed by atoms with E-state index in [9.17, 15) is 18.0 Å². The van der Waals surface area contributed by atoms with E-state index in [1.807, 2.05) is 0 Å². The molecule has 0 bridgehead atoms. The van der Waals surface area contributed by atoms with Crippen molar-refractivity contribution < 1.29 is 17.9 Å². The molecule has 1 aliphatic rings. The van der Waals surface area contributed by atoms with Gasteiger partial charge in [0.25, 0.3) is 5.56 Å². The second kappa shape index (κ2) is 8.34. The quantitative estimate of drug-likeness (QED) is 0.651. The number of amides is 1. The average Bonchev–Trinajstić information content (AvgIpc) is 2.77. The molecule has 0 atom stereocenters. The van der Waals surface area contributed by atoms with Gasteiger partial charge >= 0.3 is 0 Å². The number of benzene rings is 2. The van der Waals surface area contributed by atoms with E-state index in [0.717, 1.165) is 0 Å². The Morgan fingerprint density at radius 2 is 1.77 bits per heavy atom. The van der Waals surface area contributed by atoms with Gasteiger partial charge in [-0.05, 0) is 36.4 Å². The Balaban J connectivity index is 1.48. The number of carbonyl (C=O) groups is 1. The monoisotopic (exact) mass is 428 g/mol. The smallest absolute Gasteiger partial charge is 0.269 e. The van der Waals surface area contributed by atoms with Crippen molar-refractivity contribution in [3.05, 3.63) is 65.1 Å². The molecule has 9 nitrogen and oxygen atoms in total. The van der Waals surface area contributed by atoms with Crippen LogP contribution in [0.2, 0.25) is 0 Å². The summed E-state index contributed by atoms with van der Waals surface area (Å²) >= 11 is 0. The first-order valence-electron chi connectivity index (χ1n) is 9.37. The number of ether oxygens (including phenoxy) is 1. The number of para-hydroxylation sites is 2. The Kier molecular flexibility index (Phi) is 5.62. The molecule has 2 heterocycles. The fourth-order valence-corrected chi connectivity index (χ4v) is 4.68. The zero-order valence-corrected chi connectivity index (χ0v) is 16.8. The highest BCUT2D eigenvalue weighted by atomic mass is 32.2. The summed E-state index contributed by atoms with van der Waals surface area (Å²) in [6, 6.07) is 13.0. The van der Waals surface area contributed by atoms with Crippen LogP contribution >= 0.6 is 0 Å². The second-order valence-corrected chi connectivity index (χ2v) is 8.70. The van der Waals surface area contributed by atoms with Crippen LogP contribution in [-0.2, 0) is 26.1 Å². The number of morpholine rings is 1. The third-order valence-corrected chi connectivity index (χ3v) is 6.71. The maximum atomic E-state index is 12.7. The van der Waals surface area contributed by atoms with Crippen molar-refractivity contribution in [2.75, 3.05) is 31.6 Å². The van der Waals surface area contributed by atoms with E-state index in [-0.39, 0.29) is 17.0 Å². The molecule has 1 aliphatic heterocycles. The van der Waals surface area contributed by atoms with Gasteiger partial charge < -0.3 is 10.1 Å². The Hall–Kier alpha value is -3.08. The minimum atomic E-state index is -3.60. The van der Waals surface area contributed by atoms with E-state index in [0.29, 0.717) is 43.0 Å². The summed E-state index contributed by atoms with van der Waals surface area (Å²) in [4.78, 5) is 28.9. The predicted molar refractivity (Wildman–Crippen MR) is 111 cm³/mol. The molecule has 0 radical (unpaired) electrons. The van der Waals surface area contributed by atoms with Crippen LogP contribution in [0.5, 0.6) is 0 Å². The molecule has 2 aromatic carbocycles. The topological polar surface area (TPSA) is 111 Å². The lowest BCUT2D eigenvalue weighted by atomic mass is 10.3. The molecular formula is C20H20N4O5S. The minimum Gasteiger partial charge on any atom is -0.379 e. The standard InChI is InChI=1S/C20H20N4O5S/c25-19(14-24-18-4-2-1-3-17(18)21-13-20(24)26)22-15-5-7-16(8-6-15)30(27,28)23-9-11-29-12-10-23/h1-8,13H,9-12,14H2,(H,22,25). The van der Waals surface area contributed by atoms with Gasteiger partial charge in [-0.3, -0.25) is 14.2 Å². The minimum absolute atomic E-state index is 0.152. The van der Waals surface area contributed by atoms with E-state index in [4.69, 9.17) is 4.74 Å². The average molecular weight is 428 g/mol. The molecule has 10 heteroatoms. The fraction of sp³-hybridized carbons (Fsp3) is 0.250. The van der Waals surface area contributed by atoms with Crippen molar-refractivity contribution in [3.8, 4) is 0 Å². The predicted octanol–water partition coefficient (Wildman–Crippen LogP) is 1.06. The van der Waals surface area contributed by atoms with Gasteiger partial charge in [-0.1, -0.05) is 12.1 Å². The van der Waals surface area contributed by atoms with Gasteiger partial charge in [0.2, 0.25) is 15.9 Å². The van der Waals surface area contributed by atoms with E-state index >= 15 is 0 Å². The Bertz CT molecular complexity index is 1230. The van der Waals surface area contributed by atoms with Gasteiger partial charge in [0.15, 0.2) is 0 Å². The maximum Gasteiger partial charge on any atom is 0.269 e. The Morgan fingerprint density at radius 3 is 2.50 bits per heavy atom. The van der Waals surface area contributed by atoms with E-state index in [2.05, 4.69) is 10.3 Å². The van der Waals surface area contributed by atoms with Gasteiger partial charge in [-0.15, -0.1) is 0 Å². The first kappa shape index (κ1) is 20.2. The summed E-state index contributed by atoms with van der Waals surface area (Å²) in [5.41, 5.74) is 1.23. The molecule has 0 aliphatic carbocycles. The third kappa shape index (κ3) is 4.11. The fourth-order valence-electron chi connectivity index (χ4n) is 3.27. The number of hydrogen-bond donors (Lipinski definition) is 1. The first-order valence-corrected chi connectivity index (χ1v) is 10.8. The highest BCUT2D eigenvalue weighted by Gasteiger charge is 2.26. The highest BCUT2D eigenvalue weighted by Crippen LogP contribution is 2.19. The summed E-state index contributed by atoms with van der Waals surface area (Å²) < 4.78 is 33.2. The number of carbonyl (C=O) groups excluding carboxylic acids is 1. The lowest BCUT2D eigenvalue weighted by molar-refractivity contribution is -0.116. The number of nitrogens with zero attached hydrogens (tertiary/aromatic N) is 3. The molecule has 4 rings (SSSR count). The normalized spacial score (nSPS) is 15.2. The van der Waals surface area contributed by atoms with Crippen LogP contribution in [-0.4, -0.2) is 54.5 Å². The van der Waals surface area contributed by atoms with Crippen LogP contribution in [0.1, 0.15) is 0 Å². The van der Waals surface area contributed by atoms with Crippen molar-refractivity contribution in [2.45, 2.75) is 11.4 Å². The molecule has 3 aromatic rings. The molecule has 0 saturated carbocycles. The van der Waals surface area contributed by atoms with Crippen molar-refractivity contribution in [3.63, 3.8) is 0 Å². The van der Waals surface area contributed by atoms with E-state index in [1.54, 1.807) is 24.3 Å². The zero-order valence-electron chi connectivity index (χ0n) is 16.0. The van der Waals surface area contributed by atoms with E-state index < -0.39 is 15.9 Å². The van der Waals surface area contributed by atoms with Crippen LogP contribution in [0.15, 0.2) is 64.4 Å². The molecule has 156 valence electrons. The Labute approximate surface area is 173 Å². The van der Waals surface area contributed by atoms with Gasteiger partial charge in [0, 0.05) is 18.8 Å². The second-order valence-electron chi connectivity index (χ2n) is 6.76. The van der Waals surface area contributed by atoms with Crippen LogP contribution in [0.3, 0.4) is 0 Å². The SMILES string of the molecule is O=C(Cn1c(=O)cnc2ccccc21)Nc1ccc(S(=O)(=O)N2CCOCC2)cc1. The van der Waals surface area contributed by atoms with Crippen LogP contribution in [0, 0.1) is 0 Å². The number of rotatable bonds is 5. The molecular weight excluding hydrogens is 408 g/mol. The number of fused-ring (bicyclic) bond motifs is 1. The van der Waals surface area contributed by atoms with Gasteiger partial charge in [-0.2, -0.15) is 4.31 Å². The van der Waals surface area contributed by atoms with Gasteiger partial charge in [-0.25, -0.2) is 13.4 Å². The molecule has 1 saturated heterocycles. The zero-order chi connectivity index (χ0) is 21.1. The lowest BCUT2D eigenvalue weighted by Gasteiger charge is -2.26. The molecule has 0 spiro atoms. The van der Waals surface area contributed by atoms with Crippen LogP contribution < -0.4 is 10.9 Å². The maximum absolute atomic E-state index is 12.7. The molecule has 1 aromatic heterocycles. The number of anilines is 1. The molecule has 1 N–H and O–H groups in total. The molecule has 0 unspecified atom stereocenters. The number of aromatic nitrogens is 2. The Morgan fingerprint density at radius 1 is 1.07 bits per heavy atom. The van der Waals surface area contributed by atoms with Gasteiger partial charge in [0.05, 0.1) is 35.3 Å². The largest absolute Gasteiger partial charge is 0.379 e. The van der Waals surface area contributed by atoms with Crippen molar-refractivity contribution in [2.24, 2.45) is 0 Å². The van der Waals surface area contributed by atoms with Crippen molar-refractivity contribution >= 4 is 32.7 Å². The summed E-state index contributed by atoms with van der Waals surface area (Å²) in [6.45, 7) is 1.19. The van der Waals surface area contributed by atoms with Crippen molar-refractivity contribution in [1.29, 1.82) is 0 Å². The number of nitrogens with one attached hydrogen (secondary N) is 1. The highest BCUT2D eigenvalue weighted by molar-refractivity contribution is 7.89. The van der Waals surface area contributed by atoms with Crippen LogP contribution in [0.4, 0.5) is 5.69 Å². The van der Waals surface area contributed by atoms with Crippen LogP contribution in [0.25, 0.3) is 11.0 Å². The van der Waals surface area contributed by atoms with E-state index in [1.165, 1.54) is 39.3 Å². The molecule has 1 fully saturated rings. The van der Waals surface area contributed by atoms with Crippen molar-refractivity contribution in [1.82, 2.24) is 13.9 Å². The third-order valence-electron chi connectivity index (χ3n) is 4.80. The molecule has 1 amide bonds. The molecule has 30 heavy (non-hydrogen) atoms. The summed E-state index contributed by atoms with van der Waals surface area (Å²) in [5.74, 6) is -0.405. The number of hydrogen-bond acceptors (Lipinski definition) is 6.